The molecule has 7 nitrogen and oxygen atoms in total. The van der Waals surface area contributed by atoms with Gasteiger partial charge >= 0.3 is 0 Å². The predicted octanol–water partition coefficient (Wildman–Crippen LogP) is 2.33. The molecule has 4 rings (SSSR count). The summed E-state index contributed by atoms with van der Waals surface area (Å²) in [5.74, 6) is -0.697. The number of nitrogens with two attached hydrogens (primary N) is 2. The normalized spacial score (nSPS) is 15.0. The van der Waals surface area contributed by atoms with Crippen molar-refractivity contribution in [2.75, 3.05) is 13.1 Å². The van der Waals surface area contributed by atoms with Crippen LogP contribution in [0.4, 0.5) is 0 Å². The Morgan fingerprint density at radius 2 is 1.78 bits per heavy atom. The molecule has 1 fully saturated rings. The van der Waals surface area contributed by atoms with Crippen LogP contribution in [-0.4, -0.2) is 34.4 Å². The Kier molecular flexibility index (Phi) is 4.16. The van der Waals surface area contributed by atoms with Crippen LogP contribution in [0.2, 0.25) is 0 Å². The number of aromatic nitrogens is 1. The van der Waals surface area contributed by atoms with Gasteiger partial charge in [0.25, 0.3) is 5.91 Å². The number of nitriles is 1. The maximum atomic E-state index is 12.3. The molecule has 0 bridgehead atoms. The van der Waals surface area contributed by atoms with Crippen LogP contribution in [0.5, 0.6) is 0 Å². The van der Waals surface area contributed by atoms with Crippen LogP contribution in [0, 0.1) is 11.5 Å². The van der Waals surface area contributed by atoms with E-state index in [4.69, 9.17) is 16.7 Å². The molecule has 1 amide bonds. The number of amides is 1. The molecule has 1 saturated heterocycles. The highest BCUT2D eigenvalue weighted by atomic mass is 16.1. The molecule has 0 radical (unpaired) electrons. The predicted molar refractivity (Wildman–Crippen MR) is 105 cm³/mol. The average molecular weight is 360 g/mol. The van der Waals surface area contributed by atoms with E-state index in [1.54, 1.807) is 11.0 Å². The van der Waals surface area contributed by atoms with Crippen molar-refractivity contribution in [3.05, 3.63) is 48.0 Å². The van der Waals surface area contributed by atoms with Crippen LogP contribution in [0.15, 0.2) is 47.5 Å². The molecule has 2 aromatic carbocycles. The van der Waals surface area contributed by atoms with Crippen molar-refractivity contribution >= 4 is 33.7 Å². The molecular formula is C20H20N6O. The van der Waals surface area contributed by atoms with Gasteiger partial charge in [-0.25, -0.2) is 0 Å². The Morgan fingerprint density at radius 3 is 2.48 bits per heavy atom. The number of guanidine groups is 1. The third-order valence-electron chi connectivity index (χ3n) is 5.16. The molecule has 1 aliphatic heterocycles. The number of carbonyl (C=O) groups is 1. The number of para-hydroxylation sites is 1. The third kappa shape index (κ3) is 2.95. The van der Waals surface area contributed by atoms with E-state index in [1.165, 1.54) is 0 Å². The molecule has 27 heavy (non-hydrogen) atoms. The molecule has 0 spiro atoms. The summed E-state index contributed by atoms with van der Waals surface area (Å²) >= 11 is 0. The van der Waals surface area contributed by atoms with Crippen molar-refractivity contribution in [2.24, 2.45) is 16.5 Å². The van der Waals surface area contributed by atoms with E-state index in [-0.39, 0.29) is 12.0 Å². The van der Waals surface area contributed by atoms with E-state index in [1.807, 2.05) is 24.3 Å². The smallest absolute Gasteiger partial charge is 0.280 e. The third-order valence-corrected chi connectivity index (χ3v) is 5.16. The second-order valence-corrected chi connectivity index (χ2v) is 6.78. The number of piperidine rings is 1. The monoisotopic (exact) mass is 360 g/mol. The molecule has 0 atom stereocenters. The summed E-state index contributed by atoms with van der Waals surface area (Å²) in [7, 11) is 0. The van der Waals surface area contributed by atoms with Gasteiger partial charge in [0.05, 0.1) is 5.52 Å². The lowest BCUT2D eigenvalue weighted by atomic mass is 10.0. The fourth-order valence-corrected chi connectivity index (χ4v) is 3.93. The Hall–Kier alpha value is -3.53. The van der Waals surface area contributed by atoms with Crippen LogP contribution >= 0.6 is 0 Å². The van der Waals surface area contributed by atoms with E-state index < -0.39 is 5.91 Å². The standard InChI is InChI=1S/C20H20N6O/c21-12-25-9-7-14(8-10-25)26-17-4-2-1-3-15(17)16-6-5-13(11-18(16)26)19(27)24-20(22)23/h1-6,11,14H,7-10H2,(H4,22,23,24,27). The van der Waals surface area contributed by atoms with Crippen molar-refractivity contribution in [3.63, 3.8) is 0 Å². The van der Waals surface area contributed by atoms with Gasteiger partial charge in [-0.3, -0.25) is 4.79 Å². The summed E-state index contributed by atoms with van der Waals surface area (Å²) in [5, 5.41) is 11.4. The maximum Gasteiger partial charge on any atom is 0.280 e. The van der Waals surface area contributed by atoms with Gasteiger partial charge in [-0.2, -0.15) is 10.3 Å². The summed E-state index contributed by atoms with van der Waals surface area (Å²) in [4.78, 5) is 17.7. The number of carbonyl (C=O) groups excluding carboxylic acids is 1. The summed E-state index contributed by atoms with van der Waals surface area (Å²) in [6.07, 6.45) is 3.99. The minimum absolute atomic E-state index is 0.246. The van der Waals surface area contributed by atoms with Gasteiger partial charge in [-0.1, -0.05) is 24.3 Å². The largest absolute Gasteiger partial charge is 0.370 e. The average Bonchev–Trinajstić information content (AvgIpc) is 3.01. The van der Waals surface area contributed by atoms with Crippen LogP contribution < -0.4 is 11.5 Å². The molecule has 1 aliphatic rings. The molecule has 4 N–H and O–H groups in total. The lowest BCUT2D eigenvalue weighted by Gasteiger charge is -2.30. The molecule has 1 aromatic heterocycles. The van der Waals surface area contributed by atoms with E-state index in [0.717, 1.165) is 47.7 Å². The lowest BCUT2D eigenvalue weighted by molar-refractivity contribution is 0.100. The van der Waals surface area contributed by atoms with E-state index in [0.29, 0.717) is 5.56 Å². The van der Waals surface area contributed by atoms with Crippen LogP contribution in [0.3, 0.4) is 0 Å². The summed E-state index contributed by atoms with van der Waals surface area (Å²) < 4.78 is 2.30. The van der Waals surface area contributed by atoms with Gasteiger partial charge in [-0.15, -0.1) is 0 Å². The van der Waals surface area contributed by atoms with E-state index in [9.17, 15) is 4.79 Å². The zero-order chi connectivity index (χ0) is 19.0. The minimum Gasteiger partial charge on any atom is -0.370 e. The van der Waals surface area contributed by atoms with Crippen molar-refractivity contribution in [1.29, 1.82) is 5.26 Å². The summed E-state index contributed by atoms with van der Waals surface area (Å²) in [6, 6.07) is 14.1. The number of hydrogen-bond acceptors (Lipinski definition) is 3. The van der Waals surface area contributed by atoms with Gasteiger partial charge in [0.1, 0.15) is 0 Å². The van der Waals surface area contributed by atoms with Crippen molar-refractivity contribution in [2.45, 2.75) is 18.9 Å². The number of aliphatic imine (C=N–C) groups is 1. The number of rotatable bonds is 2. The Labute approximate surface area is 156 Å². The molecular weight excluding hydrogens is 340 g/mol. The second kappa shape index (κ2) is 6.65. The van der Waals surface area contributed by atoms with Crippen molar-refractivity contribution in [1.82, 2.24) is 9.47 Å². The van der Waals surface area contributed by atoms with Gasteiger partial charge in [0, 0.05) is 41.0 Å². The highest BCUT2D eigenvalue weighted by Crippen LogP contribution is 2.36. The van der Waals surface area contributed by atoms with Crippen LogP contribution in [0.1, 0.15) is 29.2 Å². The van der Waals surface area contributed by atoms with E-state index in [2.05, 4.69) is 27.9 Å². The first kappa shape index (κ1) is 16.9. The Bertz CT molecular complexity index is 1090. The first-order valence-corrected chi connectivity index (χ1v) is 8.90. The highest BCUT2D eigenvalue weighted by Gasteiger charge is 2.23. The molecule has 0 saturated carbocycles. The lowest BCUT2D eigenvalue weighted by Crippen LogP contribution is -2.31. The number of nitrogens with zero attached hydrogens (tertiary/aromatic N) is 4. The molecule has 2 heterocycles. The SMILES string of the molecule is N#CN1CCC(n2c3ccccc3c3ccc(C(=O)N=C(N)N)cc32)CC1. The number of benzene rings is 2. The number of fused-ring (bicyclic) bond motifs is 3. The fourth-order valence-electron chi connectivity index (χ4n) is 3.93. The van der Waals surface area contributed by atoms with Crippen molar-refractivity contribution < 1.29 is 4.79 Å². The molecule has 136 valence electrons. The fraction of sp³-hybridized carbons (Fsp3) is 0.250. The van der Waals surface area contributed by atoms with Crippen molar-refractivity contribution in [3.8, 4) is 6.19 Å². The topological polar surface area (TPSA) is 113 Å². The summed E-state index contributed by atoms with van der Waals surface area (Å²) in [6.45, 7) is 1.48. The Morgan fingerprint density at radius 1 is 1.07 bits per heavy atom. The Balaban J connectivity index is 1.88. The number of hydrogen-bond donors (Lipinski definition) is 2. The van der Waals surface area contributed by atoms with Gasteiger partial charge < -0.3 is 20.9 Å². The number of likely N-dealkylation sites (tertiary alicyclic amines) is 1. The van der Waals surface area contributed by atoms with E-state index >= 15 is 0 Å². The first-order chi connectivity index (χ1) is 13.1. The summed E-state index contributed by atoms with van der Waals surface area (Å²) in [5.41, 5.74) is 13.3. The quantitative estimate of drug-likeness (QED) is 0.414. The first-order valence-electron chi connectivity index (χ1n) is 8.90. The van der Waals surface area contributed by atoms with Crippen LogP contribution in [-0.2, 0) is 0 Å². The zero-order valence-corrected chi connectivity index (χ0v) is 14.8. The highest BCUT2D eigenvalue weighted by molar-refractivity contribution is 6.11. The van der Waals surface area contributed by atoms with Gasteiger partial charge in [0.15, 0.2) is 12.2 Å². The molecule has 0 aliphatic carbocycles. The maximum absolute atomic E-state index is 12.3. The second-order valence-electron chi connectivity index (χ2n) is 6.78. The van der Waals surface area contributed by atoms with Crippen LogP contribution in [0.25, 0.3) is 21.8 Å². The van der Waals surface area contributed by atoms with Gasteiger partial charge in [0.2, 0.25) is 0 Å². The molecule has 7 heteroatoms. The molecule has 3 aromatic rings. The van der Waals surface area contributed by atoms with Gasteiger partial charge in [-0.05, 0) is 31.0 Å². The minimum atomic E-state index is -0.451. The molecule has 0 unspecified atom stereocenters. The zero-order valence-electron chi connectivity index (χ0n) is 14.8.